The number of ether oxygens (including phenoxy) is 1. The molecule has 0 aromatic heterocycles. The molecular weight excluding hydrogens is 683 g/mol. The first-order valence-electron chi connectivity index (χ1n) is 20.4. The predicted octanol–water partition coefficient (Wildman–Crippen LogP) is 12.7. The van der Waals surface area contributed by atoms with Gasteiger partial charge < -0.3 is 19.4 Å². The second-order valence-corrected chi connectivity index (χ2v) is 15.7. The van der Waals surface area contributed by atoms with E-state index in [4.69, 9.17) is 4.74 Å². The molecule has 0 radical (unpaired) electrons. The zero-order chi connectivity index (χ0) is 38.9. The molecule has 0 amide bonds. The standard InChI is InChI=1S/C52H55N3O/c1-8-45-47(10-3)54(48(11-4)46(9-2)53(45)39-19-13-12-14-20-39)40-29-27-38(28-30-40)26-25-35(5)33-43-36(6)42-32-31-41(34-44(42)37(43)7)55-49-21-15-17-23-51(49)56-52-24-18-16-22-50(52)55/h8-13,15,17-19,21,23-27,29,31-35,37,45-48H,1-4,6,14,16,20,22,28,30H2,5,7H3. The van der Waals surface area contributed by atoms with Crippen LogP contribution < -0.4 is 9.64 Å². The summed E-state index contributed by atoms with van der Waals surface area (Å²) in [7, 11) is 0. The third-order valence-electron chi connectivity index (χ3n) is 12.4. The third-order valence-corrected chi connectivity index (χ3v) is 12.4. The van der Waals surface area contributed by atoms with Crippen molar-refractivity contribution < 1.29 is 4.74 Å². The van der Waals surface area contributed by atoms with Gasteiger partial charge in [0.25, 0.3) is 0 Å². The lowest BCUT2D eigenvalue weighted by atomic mass is 9.86. The van der Waals surface area contributed by atoms with Gasteiger partial charge in [-0.25, -0.2) is 0 Å². The van der Waals surface area contributed by atoms with Crippen LogP contribution in [-0.2, 0) is 0 Å². The highest BCUT2D eigenvalue weighted by atomic mass is 16.5. The van der Waals surface area contributed by atoms with E-state index in [2.05, 4.69) is 183 Å². The Balaban J connectivity index is 1.00. The fourth-order valence-corrected chi connectivity index (χ4v) is 9.63. The number of nitrogens with zero attached hydrogens (tertiary/aromatic N) is 3. The van der Waals surface area contributed by atoms with Crippen LogP contribution in [0.2, 0.25) is 0 Å². The molecule has 6 unspecified atom stereocenters. The van der Waals surface area contributed by atoms with Crippen LogP contribution in [0, 0.1) is 5.92 Å². The van der Waals surface area contributed by atoms with E-state index in [9.17, 15) is 0 Å². The second-order valence-electron chi connectivity index (χ2n) is 15.7. The molecule has 284 valence electrons. The summed E-state index contributed by atoms with van der Waals surface area (Å²) < 4.78 is 6.33. The predicted molar refractivity (Wildman–Crippen MR) is 236 cm³/mol. The minimum atomic E-state index is 0.0623. The van der Waals surface area contributed by atoms with Crippen LogP contribution in [0.5, 0.6) is 5.75 Å². The average molecular weight is 738 g/mol. The van der Waals surface area contributed by atoms with Crippen LogP contribution >= 0.6 is 0 Å². The highest BCUT2D eigenvalue weighted by Crippen LogP contribution is 2.50. The Morgan fingerprint density at radius 3 is 2.14 bits per heavy atom. The Kier molecular flexibility index (Phi) is 10.5. The van der Waals surface area contributed by atoms with Crippen LogP contribution in [-0.4, -0.2) is 34.0 Å². The Hall–Kier alpha value is -5.74. The monoisotopic (exact) mass is 737 g/mol. The average Bonchev–Trinajstić information content (AvgIpc) is 3.47. The molecule has 2 aromatic carbocycles. The van der Waals surface area contributed by atoms with Crippen molar-refractivity contribution in [3.63, 3.8) is 0 Å². The highest BCUT2D eigenvalue weighted by Gasteiger charge is 2.45. The Morgan fingerprint density at radius 2 is 1.48 bits per heavy atom. The van der Waals surface area contributed by atoms with Crippen LogP contribution in [0.1, 0.15) is 69.4 Å². The molecule has 56 heavy (non-hydrogen) atoms. The molecule has 2 heterocycles. The molecule has 0 saturated carbocycles. The van der Waals surface area contributed by atoms with Gasteiger partial charge in [0.15, 0.2) is 5.75 Å². The topological polar surface area (TPSA) is 19.0 Å². The van der Waals surface area contributed by atoms with Crippen LogP contribution in [0.3, 0.4) is 0 Å². The fourth-order valence-electron chi connectivity index (χ4n) is 9.63. The van der Waals surface area contributed by atoms with E-state index in [0.717, 1.165) is 61.3 Å². The van der Waals surface area contributed by atoms with E-state index in [1.807, 2.05) is 6.07 Å². The maximum absolute atomic E-state index is 6.33. The molecule has 6 aliphatic rings. The number of rotatable bonds is 10. The number of anilines is 2. The van der Waals surface area contributed by atoms with Gasteiger partial charge in [-0.1, -0.05) is 105 Å². The molecular formula is C52H55N3O. The number of benzene rings is 2. The second kappa shape index (κ2) is 15.8. The SMILES string of the molecule is C=CC1C(C=C)N(C2=CC=C(C=CC(C)C=C3C(=C)c4ccc(N5C6=C(C=CCC6)Oc6ccccc65)cc4C3C)CC2)C(C=C)C(C=C)N1C1=CC=CCC1. The maximum Gasteiger partial charge on any atom is 0.151 e. The number of piperazine rings is 1. The zero-order valence-electron chi connectivity index (χ0n) is 33.1. The number of hydrogen-bond acceptors (Lipinski definition) is 4. The molecule has 4 nitrogen and oxygen atoms in total. The van der Waals surface area contributed by atoms with Crippen LogP contribution in [0.15, 0.2) is 194 Å². The summed E-state index contributed by atoms with van der Waals surface area (Å²) in [5.74, 6) is 2.35. The minimum Gasteiger partial charge on any atom is -0.453 e. The summed E-state index contributed by atoms with van der Waals surface area (Å²) in [6.07, 6.45) is 36.9. The lowest BCUT2D eigenvalue weighted by Gasteiger charge is -2.56. The first kappa shape index (κ1) is 37.2. The van der Waals surface area contributed by atoms with Crippen molar-refractivity contribution >= 4 is 16.9 Å². The van der Waals surface area contributed by atoms with Gasteiger partial charge in [-0.3, -0.25) is 0 Å². The molecule has 6 atom stereocenters. The van der Waals surface area contributed by atoms with Crippen molar-refractivity contribution in [3.05, 3.63) is 206 Å². The van der Waals surface area contributed by atoms with Gasteiger partial charge >= 0.3 is 0 Å². The van der Waals surface area contributed by atoms with Crippen LogP contribution in [0.4, 0.5) is 11.4 Å². The van der Waals surface area contributed by atoms with Crippen molar-refractivity contribution in [2.75, 3.05) is 4.90 Å². The number of fused-ring (bicyclic) bond motifs is 2. The summed E-state index contributed by atoms with van der Waals surface area (Å²) in [4.78, 5) is 7.43. The fraction of sp³-hybridized carbons (Fsp3) is 0.269. The summed E-state index contributed by atoms with van der Waals surface area (Å²) in [5, 5.41) is 0. The van der Waals surface area contributed by atoms with Gasteiger partial charge in [0.2, 0.25) is 0 Å². The molecule has 4 heteroatoms. The van der Waals surface area contributed by atoms with E-state index in [1.165, 1.54) is 45.1 Å². The molecule has 0 bridgehead atoms. The number of para-hydroxylation sites is 2. The summed E-state index contributed by atoms with van der Waals surface area (Å²) in [5.41, 5.74) is 12.5. The quantitative estimate of drug-likeness (QED) is 0.226. The zero-order valence-corrected chi connectivity index (χ0v) is 33.1. The lowest BCUT2D eigenvalue weighted by Crippen LogP contribution is -2.65. The first-order chi connectivity index (χ1) is 27.4. The van der Waals surface area contributed by atoms with Crippen molar-refractivity contribution in [1.82, 2.24) is 9.80 Å². The molecule has 0 spiro atoms. The normalized spacial score (nSPS) is 26.9. The van der Waals surface area contributed by atoms with Gasteiger partial charge in [0.05, 0.1) is 35.6 Å². The molecule has 8 rings (SSSR count). The smallest absolute Gasteiger partial charge is 0.151 e. The minimum absolute atomic E-state index is 0.0623. The highest BCUT2D eigenvalue weighted by molar-refractivity contribution is 5.88. The first-order valence-corrected chi connectivity index (χ1v) is 20.4. The third kappa shape index (κ3) is 6.55. The van der Waals surface area contributed by atoms with Gasteiger partial charge in [-0.2, -0.15) is 0 Å². The van der Waals surface area contributed by atoms with E-state index < -0.39 is 0 Å². The largest absolute Gasteiger partial charge is 0.453 e. The molecule has 4 aliphatic carbocycles. The van der Waals surface area contributed by atoms with Crippen molar-refractivity contribution in [2.45, 2.75) is 82.5 Å². The van der Waals surface area contributed by atoms with Gasteiger partial charge in [0, 0.05) is 23.0 Å². The number of hydrogen-bond donors (Lipinski definition) is 0. The summed E-state index contributed by atoms with van der Waals surface area (Å²) >= 11 is 0. The molecule has 2 aromatic rings. The Morgan fingerprint density at radius 1 is 0.786 bits per heavy atom. The summed E-state index contributed by atoms with van der Waals surface area (Å²) in [6, 6.07) is 15.5. The van der Waals surface area contributed by atoms with E-state index in [-0.39, 0.29) is 36.0 Å². The van der Waals surface area contributed by atoms with Crippen molar-refractivity contribution in [2.24, 2.45) is 5.92 Å². The molecule has 2 aliphatic heterocycles. The Labute approximate surface area is 334 Å². The lowest BCUT2D eigenvalue weighted by molar-refractivity contribution is 0.0434. The maximum atomic E-state index is 6.33. The number of allylic oxidation sites excluding steroid dienone is 16. The van der Waals surface area contributed by atoms with Gasteiger partial charge in [-0.15, -0.1) is 26.3 Å². The Bertz CT molecular complexity index is 2190. The van der Waals surface area contributed by atoms with Crippen molar-refractivity contribution in [3.8, 4) is 5.75 Å². The van der Waals surface area contributed by atoms with Crippen molar-refractivity contribution in [1.29, 1.82) is 0 Å². The van der Waals surface area contributed by atoms with Gasteiger partial charge in [0.1, 0.15) is 5.76 Å². The molecule has 0 N–H and O–H groups in total. The molecule has 1 saturated heterocycles. The molecule has 1 fully saturated rings. The summed E-state index contributed by atoms with van der Waals surface area (Å²) in [6.45, 7) is 26.4. The van der Waals surface area contributed by atoms with E-state index >= 15 is 0 Å². The van der Waals surface area contributed by atoms with E-state index in [1.54, 1.807) is 0 Å². The van der Waals surface area contributed by atoms with E-state index in [0.29, 0.717) is 0 Å². The van der Waals surface area contributed by atoms with Gasteiger partial charge in [-0.05, 0) is 115 Å². The van der Waals surface area contributed by atoms with Crippen LogP contribution in [0.25, 0.3) is 5.57 Å².